The molecule has 0 unspecified atom stereocenters. The Morgan fingerprint density at radius 1 is 0.382 bits per heavy atom. The van der Waals surface area contributed by atoms with Gasteiger partial charge >= 0.3 is 0 Å². The van der Waals surface area contributed by atoms with Crippen molar-refractivity contribution in [1.29, 1.82) is 0 Å². The van der Waals surface area contributed by atoms with E-state index in [4.69, 9.17) is 18.9 Å². The number of para-hydroxylation sites is 4. The normalized spacial score (nSPS) is 15.2. The van der Waals surface area contributed by atoms with Crippen molar-refractivity contribution < 1.29 is 38.1 Å². The fourth-order valence-electron chi connectivity index (χ4n) is 17.1. The summed E-state index contributed by atoms with van der Waals surface area (Å²) in [5.41, 5.74) is 16.0. The van der Waals surface area contributed by atoms with E-state index in [0.29, 0.717) is 95.5 Å². The third kappa shape index (κ3) is 31.7. The van der Waals surface area contributed by atoms with Gasteiger partial charge in [0, 0.05) is 94.9 Å². The van der Waals surface area contributed by atoms with Crippen LogP contribution in [0.2, 0.25) is 0 Å². The lowest BCUT2D eigenvalue weighted by atomic mass is 9.95. The minimum absolute atomic E-state index is 0.00361. The summed E-state index contributed by atoms with van der Waals surface area (Å²) in [6.45, 7) is 44.4. The maximum Gasteiger partial charge on any atom is 0.251 e. The third-order valence-electron chi connectivity index (χ3n) is 22.7. The molecule has 16 heteroatoms. The van der Waals surface area contributed by atoms with Gasteiger partial charge in [0.1, 0.15) is 23.0 Å². The van der Waals surface area contributed by atoms with E-state index < -0.39 is 0 Å². The van der Waals surface area contributed by atoms with Gasteiger partial charge in [0.2, 0.25) is 0 Å². The molecule has 8 aromatic carbocycles. The molecular weight excluding hydrogens is 1530 g/mol. The number of nitrogens with one attached hydrogen (secondary N) is 4. The molecule has 11 rings (SSSR count). The SMILES string of the molecule is CCN1CCC[C@H]1CNC(=O)c1cccc(-c2cccc(CC(C)C)c2OCC2CC2)c1.CCOc1c(CC(C)C)cccc1-c1cccc(C(=O)NC[C@@H]2CCCN2CC)c1.CCOc1c(CC(C)C)cccc1-c1cccc(C(=O)N[C@H](CC(C)C)CN(C)C)c1.COc1c(CC(C)C)cccc1-c1cccc(C(=O)N[C@@H](CC(C)C)CN(C)C)c1. The van der Waals surface area contributed by atoms with Crippen LogP contribution in [0.4, 0.5) is 0 Å². The van der Waals surface area contributed by atoms with Crippen molar-refractivity contribution in [3.8, 4) is 67.5 Å². The van der Waals surface area contributed by atoms with E-state index in [1.807, 2.05) is 121 Å². The Morgan fingerprint density at radius 2 is 0.683 bits per heavy atom. The first-order chi connectivity index (χ1) is 59.0. The molecule has 8 aromatic rings. The molecule has 3 aliphatic rings. The second-order valence-corrected chi connectivity index (χ2v) is 37.1. The molecule has 668 valence electrons. The van der Waals surface area contributed by atoms with Crippen molar-refractivity contribution in [2.24, 2.45) is 41.4 Å². The van der Waals surface area contributed by atoms with Crippen LogP contribution in [0.15, 0.2) is 170 Å². The number of hydrogen-bond donors (Lipinski definition) is 4. The molecule has 0 spiro atoms. The quantitative estimate of drug-likeness (QED) is 0.0288. The summed E-state index contributed by atoms with van der Waals surface area (Å²) in [5, 5.41) is 12.8. The van der Waals surface area contributed by atoms with Crippen LogP contribution in [-0.4, -0.2) is 175 Å². The van der Waals surface area contributed by atoms with Crippen LogP contribution in [0.25, 0.3) is 44.5 Å². The van der Waals surface area contributed by atoms with E-state index in [1.54, 1.807) is 7.11 Å². The maximum absolute atomic E-state index is 13.1. The standard InChI is InChI=1S/C28H38N2O2.C27H40N2O2.C26H36N2O2.C26H38N2O2/c1-4-30-15-7-11-25(30)18-29-28(31)24-10-5-8-22(17-24)26-12-6-9-23(16-20(2)3)27(26)32-19-21-13-14-21;1-8-31-26-22(15-19(2)3)12-10-14-25(26)21-11-9-13-23(17-21)27(30)28-24(16-20(4)5)18-29(6)7;1-5-28-15-9-13-23(28)18-27-26(29)22-12-7-10-20(17-22)24-14-8-11-21(16-19(3)4)25(24)30-6-2;1-18(2)14-21-11-9-13-24(25(21)30-7)20-10-8-12-22(16-20)26(29)27-23(15-19(3)4)17-28(5)6/h5-6,8-10,12,17,20-21,25H,4,7,11,13-16,18-19H2,1-3H3,(H,29,31);9-14,17,19-20,24H,8,15-16,18H2,1-7H3,(H,28,30);7-8,10-12,14,17,19,23H,5-6,9,13,15-16,18H2,1-4H3,(H,27,29);8-13,16,18-19,23H,14-15,17H2,1-7H3,(H,27,29)/t25-;24-;2*23-/m0100/s1. The average Bonchev–Trinajstić information content (AvgIpc) is 1.69. The molecule has 2 saturated heterocycles. The van der Waals surface area contributed by atoms with Crippen LogP contribution in [0.3, 0.4) is 0 Å². The van der Waals surface area contributed by atoms with Crippen molar-refractivity contribution in [2.45, 2.75) is 212 Å². The number of hydrogen-bond acceptors (Lipinski definition) is 12. The summed E-state index contributed by atoms with van der Waals surface area (Å²) < 4.78 is 24.3. The second-order valence-electron chi connectivity index (χ2n) is 37.1. The van der Waals surface area contributed by atoms with Gasteiger partial charge in [-0.2, -0.15) is 0 Å². The van der Waals surface area contributed by atoms with Gasteiger partial charge in [-0.1, -0.05) is 218 Å². The van der Waals surface area contributed by atoms with E-state index in [-0.39, 0.29) is 35.7 Å². The van der Waals surface area contributed by atoms with Gasteiger partial charge in [-0.15, -0.1) is 0 Å². The molecule has 0 aromatic heterocycles. The summed E-state index contributed by atoms with van der Waals surface area (Å²) in [5.74, 6) is 7.66. The zero-order chi connectivity index (χ0) is 89.2. The van der Waals surface area contributed by atoms with Crippen molar-refractivity contribution in [3.63, 3.8) is 0 Å². The van der Waals surface area contributed by atoms with Gasteiger partial charge in [-0.25, -0.2) is 0 Å². The van der Waals surface area contributed by atoms with E-state index in [1.165, 1.54) is 54.4 Å². The van der Waals surface area contributed by atoms with E-state index in [2.05, 4.69) is 229 Å². The van der Waals surface area contributed by atoms with Gasteiger partial charge in [0.25, 0.3) is 23.6 Å². The minimum atomic E-state index is -0.0262. The van der Waals surface area contributed by atoms with Crippen LogP contribution in [0, 0.1) is 41.4 Å². The highest BCUT2D eigenvalue weighted by molar-refractivity contribution is 5.98. The predicted molar refractivity (Wildman–Crippen MR) is 513 cm³/mol. The molecule has 16 nitrogen and oxygen atoms in total. The van der Waals surface area contributed by atoms with E-state index in [0.717, 1.165) is 165 Å². The highest BCUT2D eigenvalue weighted by Crippen LogP contribution is 2.41. The van der Waals surface area contributed by atoms with Crippen LogP contribution in [0.1, 0.15) is 226 Å². The Kier molecular flexibility index (Phi) is 40.8. The third-order valence-corrected chi connectivity index (χ3v) is 22.7. The number of methoxy groups -OCH3 is 1. The first kappa shape index (κ1) is 99.1. The number of likely N-dealkylation sites (N-methyl/N-ethyl adjacent to an activating group) is 4. The van der Waals surface area contributed by atoms with Crippen molar-refractivity contribution in [3.05, 3.63) is 214 Å². The van der Waals surface area contributed by atoms with Crippen LogP contribution in [0.5, 0.6) is 23.0 Å². The summed E-state index contributed by atoms with van der Waals surface area (Å²) >= 11 is 0. The Labute approximate surface area is 741 Å². The number of carbonyl (C=O) groups excluding carboxylic acids is 4. The van der Waals surface area contributed by atoms with Crippen LogP contribution >= 0.6 is 0 Å². The van der Waals surface area contributed by atoms with Gasteiger partial charge in [0.05, 0.1) is 26.9 Å². The number of nitrogens with zero attached hydrogens (tertiary/aromatic N) is 4. The Morgan fingerprint density at radius 3 is 0.967 bits per heavy atom. The highest BCUT2D eigenvalue weighted by atomic mass is 16.5. The van der Waals surface area contributed by atoms with E-state index in [9.17, 15) is 19.2 Å². The van der Waals surface area contributed by atoms with Gasteiger partial charge in [-0.05, 0) is 280 Å². The summed E-state index contributed by atoms with van der Waals surface area (Å²) in [6, 6.07) is 58.1. The predicted octanol–water partition coefficient (Wildman–Crippen LogP) is 21.6. The van der Waals surface area contributed by atoms with Crippen LogP contribution in [-0.2, 0) is 25.7 Å². The first-order valence-corrected chi connectivity index (χ1v) is 46.3. The molecule has 0 radical (unpaired) electrons. The van der Waals surface area contributed by atoms with Gasteiger partial charge in [0.15, 0.2) is 0 Å². The minimum Gasteiger partial charge on any atom is -0.496 e. The van der Waals surface area contributed by atoms with Crippen molar-refractivity contribution >= 4 is 23.6 Å². The zero-order valence-electron chi connectivity index (χ0n) is 78.8. The number of benzene rings is 8. The molecule has 4 amide bonds. The lowest BCUT2D eigenvalue weighted by Crippen LogP contribution is -2.42. The number of carbonyl (C=O) groups is 4. The van der Waals surface area contributed by atoms with Crippen molar-refractivity contribution in [2.75, 3.05) is 107 Å². The Hall–Kier alpha value is -9.32. The molecule has 2 aliphatic heterocycles. The van der Waals surface area contributed by atoms with E-state index >= 15 is 0 Å². The number of rotatable bonds is 40. The monoisotopic (exact) mass is 1680 g/mol. The lowest BCUT2D eigenvalue weighted by molar-refractivity contribution is 0.0915. The topological polar surface area (TPSA) is 166 Å². The van der Waals surface area contributed by atoms with Crippen molar-refractivity contribution in [1.82, 2.24) is 40.9 Å². The molecule has 4 N–H and O–H groups in total. The number of ether oxygens (including phenoxy) is 4. The Balaban J connectivity index is 0.000000204. The second kappa shape index (κ2) is 50.6. The smallest absolute Gasteiger partial charge is 0.251 e. The zero-order valence-corrected chi connectivity index (χ0v) is 78.8. The molecule has 1 aliphatic carbocycles. The molecule has 4 atom stereocenters. The molecule has 0 bridgehead atoms. The molecule has 123 heavy (non-hydrogen) atoms. The average molecular weight is 1680 g/mol. The molecule has 2 heterocycles. The Bertz CT molecular complexity index is 4560. The van der Waals surface area contributed by atoms with Gasteiger partial charge < -0.3 is 50.0 Å². The maximum atomic E-state index is 13.1. The molecule has 1 saturated carbocycles. The fourth-order valence-corrected chi connectivity index (χ4v) is 17.1. The number of likely N-dealkylation sites (tertiary alicyclic amines) is 2. The first-order valence-electron chi connectivity index (χ1n) is 46.3. The molecular formula is C107H152N8O8. The number of amides is 4. The largest absolute Gasteiger partial charge is 0.496 e. The fraction of sp³-hybridized carbons (Fsp3) is 0.514. The van der Waals surface area contributed by atoms with Gasteiger partial charge in [-0.3, -0.25) is 29.0 Å². The molecule has 3 fully saturated rings. The lowest BCUT2D eigenvalue weighted by Gasteiger charge is -2.24. The summed E-state index contributed by atoms with van der Waals surface area (Å²) in [6.07, 6.45) is 13.1. The summed E-state index contributed by atoms with van der Waals surface area (Å²) in [4.78, 5) is 61.0. The highest BCUT2D eigenvalue weighted by Gasteiger charge is 2.29. The van der Waals surface area contributed by atoms with Crippen LogP contribution < -0.4 is 40.2 Å². The summed E-state index contributed by atoms with van der Waals surface area (Å²) in [7, 11) is 9.88.